The molecule has 1 unspecified atom stereocenters. The van der Waals surface area contributed by atoms with E-state index in [-0.39, 0.29) is 12.5 Å². The van der Waals surface area contributed by atoms with Crippen LogP contribution in [-0.4, -0.2) is 32.3 Å². The standard InChI is InChI=1S/C21H32N4O3/c1-13(2)16-15(9-8-10-23-16)17-18(25(11-12-26)14(3)24-17)21(7,20(4,5)6)28-19(22)27/h8-10,13,26H,11-12H2,1-7H3,(H2,22,27). The van der Waals surface area contributed by atoms with E-state index in [9.17, 15) is 9.90 Å². The van der Waals surface area contributed by atoms with E-state index in [1.807, 2.05) is 51.3 Å². The quantitative estimate of drug-likeness (QED) is 0.785. The third-order valence-electron chi connectivity index (χ3n) is 5.31. The fraction of sp³-hybridized carbons (Fsp3) is 0.571. The molecule has 1 amide bonds. The number of nitrogens with zero attached hydrogens (tertiary/aromatic N) is 3. The molecular weight excluding hydrogens is 356 g/mol. The normalized spacial score (nSPS) is 14.2. The number of ether oxygens (including phenoxy) is 1. The molecule has 7 heteroatoms. The van der Waals surface area contributed by atoms with Crippen molar-refractivity contribution in [2.24, 2.45) is 11.1 Å². The molecule has 7 nitrogen and oxygen atoms in total. The number of aliphatic hydroxyl groups is 1. The monoisotopic (exact) mass is 388 g/mol. The molecule has 0 aliphatic heterocycles. The third-order valence-corrected chi connectivity index (χ3v) is 5.31. The van der Waals surface area contributed by atoms with Crippen molar-refractivity contribution in [2.75, 3.05) is 6.61 Å². The van der Waals surface area contributed by atoms with Crippen molar-refractivity contribution >= 4 is 6.09 Å². The lowest BCUT2D eigenvalue weighted by atomic mass is 9.74. The number of aryl methyl sites for hydroxylation is 1. The maximum absolute atomic E-state index is 11.8. The molecule has 0 bridgehead atoms. The minimum Gasteiger partial charge on any atom is -0.436 e. The van der Waals surface area contributed by atoms with Crippen molar-refractivity contribution in [1.82, 2.24) is 14.5 Å². The minimum atomic E-state index is -1.07. The first-order valence-electron chi connectivity index (χ1n) is 9.56. The molecule has 28 heavy (non-hydrogen) atoms. The lowest BCUT2D eigenvalue weighted by Gasteiger charge is -2.41. The number of carbonyl (C=O) groups excluding carboxylic acids is 1. The molecule has 2 heterocycles. The average Bonchev–Trinajstić information content (AvgIpc) is 2.90. The molecule has 0 aromatic carbocycles. The Bertz CT molecular complexity index is 852. The van der Waals surface area contributed by atoms with Gasteiger partial charge in [0.1, 0.15) is 5.82 Å². The number of aromatic nitrogens is 3. The highest BCUT2D eigenvalue weighted by molar-refractivity contribution is 5.69. The van der Waals surface area contributed by atoms with Crippen LogP contribution >= 0.6 is 0 Å². The fourth-order valence-corrected chi connectivity index (χ4v) is 3.45. The summed E-state index contributed by atoms with van der Waals surface area (Å²) in [6, 6.07) is 3.85. The van der Waals surface area contributed by atoms with Gasteiger partial charge in [0, 0.05) is 23.7 Å². The molecule has 154 valence electrons. The Morgan fingerprint density at radius 3 is 2.46 bits per heavy atom. The number of carbonyl (C=O) groups is 1. The number of pyridine rings is 1. The molecule has 0 saturated carbocycles. The van der Waals surface area contributed by atoms with E-state index in [0.29, 0.717) is 17.9 Å². The van der Waals surface area contributed by atoms with Crippen LogP contribution in [0.3, 0.4) is 0 Å². The van der Waals surface area contributed by atoms with Crippen LogP contribution in [0.15, 0.2) is 18.3 Å². The Kier molecular flexibility index (Phi) is 6.18. The summed E-state index contributed by atoms with van der Waals surface area (Å²) in [6.07, 6.45) is 0.909. The van der Waals surface area contributed by atoms with Crippen LogP contribution in [0.4, 0.5) is 4.79 Å². The summed E-state index contributed by atoms with van der Waals surface area (Å²) >= 11 is 0. The molecule has 0 fully saturated rings. The number of imidazole rings is 1. The van der Waals surface area contributed by atoms with Gasteiger partial charge in [-0.15, -0.1) is 0 Å². The van der Waals surface area contributed by atoms with Crippen LogP contribution in [0.25, 0.3) is 11.3 Å². The van der Waals surface area contributed by atoms with Gasteiger partial charge >= 0.3 is 6.09 Å². The van der Waals surface area contributed by atoms with Gasteiger partial charge in [0.25, 0.3) is 0 Å². The van der Waals surface area contributed by atoms with E-state index >= 15 is 0 Å². The van der Waals surface area contributed by atoms with Gasteiger partial charge in [0.15, 0.2) is 5.60 Å². The number of amides is 1. The molecule has 0 aliphatic carbocycles. The number of aliphatic hydroxyl groups excluding tert-OH is 1. The summed E-state index contributed by atoms with van der Waals surface area (Å²) in [5.41, 5.74) is 7.09. The number of hydrogen-bond donors (Lipinski definition) is 2. The first-order chi connectivity index (χ1) is 12.9. The van der Waals surface area contributed by atoms with E-state index in [2.05, 4.69) is 18.8 Å². The van der Waals surface area contributed by atoms with Crippen LogP contribution < -0.4 is 5.73 Å². The van der Waals surface area contributed by atoms with Gasteiger partial charge in [-0.05, 0) is 31.9 Å². The Hall–Kier alpha value is -2.41. The van der Waals surface area contributed by atoms with Gasteiger partial charge in [-0.1, -0.05) is 34.6 Å². The zero-order valence-electron chi connectivity index (χ0n) is 17.9. The minimum absolute atomic E-state index is 0.0650. The number of primary amides is 1. The van der Waals surface area contributed by atoms with Crippen molar-refractivity contribution in [3.8, 4) is 11.3 Å². The van der Waals surface area contributed by atoms with Gasteiger partial charge in [-0.3, -0.25) is 4.98 Å². The average molecular weight is 389 g/mol. The molecule has 1 atom stereocenters. The summed E-state index contributed by atoms with van der Waals surface area (Å²) in [5, 5.41) is 9.65. The van der Waals surface area contributed by atoms with E-state index in [1.54, 1.807) is 6.20 Å². The van der Waals surface area contributed by atoms with Crippen molar-refractivity contribution in [2.45, 2.75) is 66.5 Å². The Morgan fingerprint density at radius 2 is 1.96 bits per heavy atom. The first-order valence-corrected chi connectivity index (χ1v) is 9.56. The molecule has 0 aliphatic rings. The van der Waals surface area contributed by atoms with Gasteiger partial charge < -0.3 is 20.1 Å². The Morgan fingerprint density at radius 1 is 1.32 bits per heavy atom. The van der Waals surface area contributed by atoms with E-state index in [4.69, 9.17) is 15.5 Å². The van der Waals surface area contributed by atoms with Crippen LogP contribution in [0, 0.1) is 12.3 Å². The molecular formula is C21H32N4O3. The molecule has 2 aromatic heterocycles. The second kappa shape index (κ2) is 7.91. The van der Waals surface area contributed by atoms with E-state index < -0.39 is 17.1 Å². The van der Waals surface area contributed by atoms with Crippen molar-refractivity contribution in [1.29, 1.82) is 0 Å². The largest absolute Gasteiger partial charge is 0.436 e. The lowest BCUT2D eigenvalue weighted by Crippen LogP contribution is -2.45. The predicted molar refractivity (Wildman–Crippen MR) is 109 cm³/mol. The van der Waals surface area contributed by atoms with Crippen LogP contribution in [0.5, 0.6) is 0 Å². The van der Waals surface area contributed by atoms with Gasteiger partial charge in [0.2, 0.25) is 0 Å². The zero-order chi connectivity index (χ0) is 21.3. The molecule has 2 aromatic rings. The summed E-state index contributed by atoms with van der Waals surface area (Å²) < 4.78 is 7.63. The maximum Gasteiger partial charge on any atom is 0.405 e. The summed E-state index contributed by atoms with van der Waals surface area (Å²) in [4.78, 5) is 21.2. The summed E-state index contributed by atoms with van der Waals surface area (Å²) in [6.45, 7) is 14.1. The van der Waals surface area contributed by atoms with Crippen molar-refractivity contribution in [3.63, 3.8) is 0 Å². The number of nitrogens with two attached hydrogens (primary N) is 1. The highest BCUT2D eigenvalue weighted by Gasteiger charge is 2.47. The molecule has 2 rings (SSSR count). The van der Waals surface area contributed by atoms with Crippen molar-refractivity contribution < 1.29 is 14.6 Å². The van der Waals surface area contributed by atoms with Gasteiger partial charge in [0.05, 0.1) is 23.7 Å². The molecule has 3 N–H and O–H groups in total. The van der Waals surface area contributed by atoms with Crippen LogP contribution in [0.2, 0.25) is 0 Å². The second-order valence-electron chi connectivity index (χ2n) is 8.53. The number of hydrogen-bond acceptors (Lipinski definition) is 5. The topological polar surface area (TPSA) is 103 Å². The van der Waals surface area contributed by atoms with Gasteiger partial charge in [-0.25, -0.2) is 9.78 Å². The van der Waals surface area contributed by atoms with Crippen LogP contribution in [0.1, 0.15) is 64.7 Å². The fourth-order valence-electron chi connectivity index (χ4n) is 3.45. The molecule has 0 radical (unpaired) electrons. The Labute approximate surface area is 167 Å². The van der Waals surface area contributed by atoms with Crippen molar-refractivity contribution in [3.05, 3.63) is 35.5 Å². The first kappa shape index (κ1) is 21.9. The summed E-state index contributed by atoms with van der Waals surface area (Å²) in [5.74, 6) is 0.909. The third kappa shape index (κ3) is 3.90. The Balaban J connectivity index is 2.91. The van der Waals surface area contributed by atoms with E-state index in [1.165, 1.54) is 0 Å². The highest BCUT2D eigenvalue weighted by atomic mass is 16.6. The van der Waals surface area contributed by atoms with E-state index in [0.717, 1.165) is 17.1 Å². The zero-order valence-corrected chi connectivity index (χ0v) is 17.9. The second-order valence-corrected chi connectivity index (χ2v) is 8.53. The summed E-state index contributed by atoms with van der Waals surface area (Å²) in [7, 11) is 0. The van der Waals surface area contributed by atoms with Gasteiger partial charge in [-0.2, -0.15) is 0 Å². The molecule has 0 saturated heterocycles. The lowest BCUT2D eigenvalue weighted by molar-refractivity contribution is -0.0613. The predicted octanol–water partition coefficient (Wildman–Crippen LogP) is 3.73. The molecule has 0 spiro atoms. The highest BCUT2D eigenvalue weighted by Crippen LogP contribution is 2.47. The SMILES string of the molecule is Cc1nc(-c2cccnc2C(C)C)c(C(C)(OC(N)=O)C(C)(C)C)n1CCO. The number of rotatable bonds is 6. The smallest absolute Gasteiger partial charge is 0.405 e. The van der Waals surface area contributed by atoms with Crippen LogP contribution in [-0.2, 0) is 16.9 Å². The maximum atomic E-state index is 11.8.